The molecule has 2 aliphatic carbocycles. The van der Waals surface area contributed by atoms with Crippen LogP contribution >= 0.6 is 11.8 Å². The summed E-state index contributed by atoms with van der Waals surface area (Å²) in [6.07, 6.45) is 3.39. The Balaban J connectivity index is 1.85. The zero-order chi connectivity index (χ0) is 12.4. The van der Waals surface area contributed by atoms with E-state index in [2.05, 4.69) is 5.16 Å². The van der Waals surface area contributed by atoms with Crippen LogP contribution in [0.15, 0.2) is 5.16 Å². The van der Waals surface area contributed by atoms with Crippen LogP contribution in [0.3, 0.4) is 0 Å². The first-order valence-electron chi connectivity index (χ1n) is 6.14. The Labute approximate surface area is 106 Å². The van der Waals surface area contributed by atoms with Crippen LogP contribution in [-0.4, -0.2) is 34.0 Å². The van der Waals surface area contributed by atoms with Crippen LogP contribution < -0.4 is 0 Å². The molecule has 17 heavy (non-hydrogen) atoms. The third-order valence-electron chi connectivity index (χ3n) is 3.47. The van der Waals surface area contributed by atoms with E-state index in [0.717, 1.165) is 18.6 Å². The van der Waals surface area contributed by atoms with Crippen LogP contribution in [0, 0.1) is 11.8 Å². The smallest absolute Gasteiger partial charge is 0.316 e. The van der Waals surface area contributed by atoms with E-state index >= 15 is 0 Å². The molecule has 0 radical (unpaired) electrons. The van der Waals surface area contributed by atoms with Gasteiger partial charge in [-0.3, -0.25) is 4.79 Å². The number of rotatable bonds is 4. The van der Waals surface area contributed by atoms with Gasteiger partial charge in [0, 0.05) is 5.92 Å². The van der Waals surface area contributed by atoms with Gasteiger partial charge in [-0.1, -0.05) is 5.16 Å². The Morgan fingerprint density at radius 1 is 1.59 bits per heavy atom. The third kappa shape index (κ3) is 2.76. The van der Waals surface area contributed by atoms with Gasteiger partial charge in [-0.15, -0.1) is 11.8 Å². The zero-order valence-corrected chi connectivity index (χ0v) is 11.1. The molecule has 96 valence electrons. The summed E-state index contributed by atoms with van der Waals surface area (Å²) in [5.41, 5.74) is 0.892. The van der Waals surface area contributed by atoms with Crippen molar-refractivity contribution in [1.29, 1.82) is 0 Å². The lowest BCUT2D eigenvalue weighted by Gasteiger charge is -2.21. The molecular weight excluding hydrogens is 238 g/mol. The fourth-order valence-corrected chi connectivity index (χ4v) is 4.16. The number of carbonyl (C=O) groups excluding carboxylic acids is 1. The molecule has 0 spiro atoms. The summed E-state index contributed by atoms with van der Waals surface area (Å²) >= 11 is 1.56. The van der Waals surface area contributed by atoms with E-state index in [4.69, 9.17) is 9.94 Å². The summed E-state index contributed by atoms with van der Waals surface area (Å²) in [6, 6.07) is 0. The average Bonchev–Trinajstić information content (AvgIpc) is 2.84. The number of esters is 1. The van der Waals surface area contributed by atoms with E-state index in [1.165, 1.54) is 6.42 Å². The largest absolute Gasteiger partial charge is 0.462 e. The third-order valence-corrected chi connectivity index (χ3v) is 4.86. The van der Waals surface area contributed by atoms with Gasteiger partial charge in [0.15, 0.2) is 0 Å². The second-order valence-corrected chi connectivity index (χ2v) is 6.20. The number of carbonyl (C=O) groups is 1. The number of ether oxygens (including phenoxy) is 1. The molecule has 5 heteroatoms. The first-order chi connectivity index (χ1) is 8.11. The van der Waals surface area contributed by atoms with E-state index in [1.54, 1.807) is 11.8 Å². The van der Waals surface area contributed by atoms with Crippen molar-refractivity contribution in [1.82, 2.24) is 0 Å². The van der Waals surface area contributed by atoms with Gasteiger partial charge in [-0.05, 0) is 39.0 Å². The molecule has 0 aromatic carbocycles. The number of fused-ring (bicyclic) bond motifs is 2. The quantitative estimate of drug-likeness (QED) is 0.477. The Morgan fingerprint density at radius 3 is 3.00 bits per heavy atom. The van der Waals surface area contributed by atoms with Crippen LogP contribution in [0.2, 0.25) is 0 Å². The fraction of sp³-hybridized carbons (Fsp3) is 0.833. The minimum Gasteiger partial charge on any atom is -0.462 e. The zero-order valence-electron chi connectivity index (χ0n) is 10.3. The molecule has 0 unspecified atom stereocenters. The van der Waals surface area contributed by atoms with Crippen molar-refractivity contribution < 1.29 is 14.7 Å². The van der Waals surface area contributed by atoms with Gasteiger partial charge in [0.25, 0.3) is 0 Å². The predicted octanol–water partition coefficient (Wildman–Crippen LogP) is 2.30. The van der Waals surface area contributed by atoms with Crippen LogP contribution in [0.4, 0.5) is 0 Å². The molecule has 2 bridgehead atoms. The molecule has 0 saturated heterocycles. The Hall–Kier alpha value is -0.710. The minimum atomic E-state index is -0.176. The molecule has 0 aromatic heterocycles. The molecule has 2 saturated carbocycles. The van der Waals surface area contributed by atoms with Crippen LogP contribution in [0.25, 0.3) is 0 Å². The van der Waals surface area contributed by atoms with Gasteiger partial charge >= 0.3 is 5.97 Å². The van der Waals surface area contributed by atoms with Crippen molar-refractivity contribution in [3.63, 3.8) is 0 Å². The summed E-state index contributed by atoms with van der Waals surface area (Å²) in [5, 5.41) is 12.7. The van der Waals surface area contributed by atoms with E-state index < -0.39 is 0 Å². The molecule has 1 N–H and O–H groups in total. The number of thioether (sulfide) groups is 1. The van der Waals surface area contributed by atoms with Crippen molar-refractivity contribution in [2.75, 3.05) is 5.75 Å². The van der Waals surface area contributed by atoms with Crippen molar-refractivity contribution in [3.8, 4) is 0 Å². The molecule has 0 aromatic rings. The van der Waals surface area contributed by atoms with Crippen LogP contribution in [0.1, 0.15) is 33.1 Å². The Morgan fingerprint density at radius 2 is 2.35 bits per heavy atom. The maximum atomic E-state index is 11.5. The van der Waals surface area contributed by atoms with E-state index in [-0.39, 0.29) is 17.3 Å². The minimum absolute atomic E-state index is 0.0610. The molecule has 2 rings (SSSR count). The topological polar surface area (TPSA) is 58.9 Å². The number of hydrogen-bond acceptors (Lipinski definition) is 5. The van der Waals surface area contributed by atoms with E-state index in [0.29, 0.717) is 17.6 Å². The average molecular weight is 257 g/mol. The molecule has 4 nitrogen and oxygen atoms in total. The first-order valence-corrected chi connectivity index (χ1v) is 7.19. The Kier molecular flexibility index (Phi) is 3.97. The monoisotopic (exact) mass is 257 g/mol. The van der Waals surface area contributed by atoms with Gasteiger partial charge in [0.05, 0.1) is 22.8 Å². The summed E-state index contributed by atoms with van der Waals surface area (Å²) in [4.78, 5) is 11.5. The van der Waals surface area contributed by atoms with Crippen molar-refractivity contribution in [2.24, 2.45) is 17.0 Å². The molecule has 2 fully saturated rings. The summed E-state index contributed by atoms with van der Waals surface area (Å²) in [6.45, 7) is 3.70. The highest BCUT2D eigenvalue weighted by atomic mass is 32.2. The van der Waals surface area contributed by atoms with Gasteiger partial charge in [0.2, 0.25) is 0 Å². The highest BCUT2D eigenvalue weighted by Gasteiger charge is 2.45. The standard InChI is InChI=1S/C12H19NO3S/c1-7(2)16-10(14)6-17-12-9-4-3-8(5-9)11(12)13-15/h7-9,12,15H,3-6H2,1-2H3/b13-11+/t8-,9-,12+/m0/s1. The van der Waals surface area contributed by atoms with Crippen molar-refractivity contribution in [2.45, 2.75) is 44.5 Å². The predicted molar refractivity (Wildman–Crippen MR) is 67.5 cm³/mol. The van der Waals surface area contributed by atoms with Gasteiger partial charge in [0.1, 0.15) is 0 Å². The SMILES string of the molecule is CC(C)OC(=O)CS[C@H]1/C(=N/O)[C@H]2CC[C@H]1C2. The van der Waals surface area contributed by atoms with Gasteiger partial charge in [-0.2, -0.15) is 0 Å². The summed E-state index contributed by atoms with van der Waals surface area (Å²) < 4.78 is 5.10. The number of oxime groups is 1. The second-order valence-electron chi connectivity index (χ2n) is 5.07. The summed E-state index contributed by atoms with van der Waals surface area (Å²) in [5.74, 6) is 1.21. The van der Waals surface area contributed by atoms with Crippen molar-refractivity contribution in [3.05, 3.63) is 0 Å². The lowest BCUT2D eigenvalue weighted by atomic mass is 9.98. The fourth-order valence-electron chi connectivity index (χ4n) is 2.85. The number of hydrogen-bond donors (Lipinski definition) is 1. The van der Waals surface area contributed by atoms with Crippen LogP contribution in [-0.2, 0) is 9.53 Å². The van der Waals surface area contributed by atoms with Gasteiger partial charge in [-0.25, -0.2) is 0 Å². The Bertz CT molecular complexity index is 330. The first kappa shape index (κ1) is 12.7. The van der Waals surface area contributed by atoms with Crippen molar-refractivity contribution >= 4 is 23.4 Å². The highest BCUT2D eigenvalue weighted by Crippen LogP contribution is 2.47. The maximum absolute atomic E-state index is 11.5. The molecule has 2 aliphatic rings. The molecule has 0 heterocycles. The van der Waals surface area contributed by atoms with Gasteiger partial charge < -0.3 is 9.94 Å². The molecule has 0 amide bonds. The lowest BCUT2D eigenvalue weighted by Crippen LogP contribution is -2.27. The number of nitrogens with zero attached hydrogens (tertiary/aromatic N) is 1. The van der Waals surface area contributed by atoms with E-state index in [1.807, 2.05) is 13.8 Å². The summed E-state index contributed by atoms with van der Waals surface area (Å²) in [7, 11) is 0. The molecule has 0 aliphatic heterocycles. The van der Waals surface area contributed by atoms with E-state index in [9.17, 15) is 4.79 Å². The second kappa shape index (κ2) is 5.29. The maximum Gasteiger partial charge on any atom is 0.316 e. The lowest BCUT2D eigenvalue weighted by molar-refractivity contribution is -0.144. The normalized spacial score (nSPS) is 33.6. The molecular formula is C12H19NO3S. The highest BCUT2D eigenvalue weighted by molar-refractivity contribution is 8.01. The molecule has 3 atom stereocenters. The van der Waals surface area contributed by atoms with Crippen LogP contribution in [0.5, 0.6) is 0 Å².